The van der Waals surface area contributed by atoms with Crippen molar-refractivity contribution in [3.63, 3.8) is 0 Å². The molecule has 0 aliphatic carbocycles. The predicted molar refractivity (Wildman–Crippen MR) is 32.6 cm³/mol. The van der Waals surface area contributed by atoms with Crippen LogP contribution in [-0.2, 0) is 26.2 Å². The number of halogens is 4. The van der Waals surface area contributed by atoms with E-state index in [9.17, 15) is 0 Å². The summed E-state index contributed by atoms with van der Waals surface area (Å²) in [6.45, 7) is 0. The molecule has 0 fully saturated rings. The van der Waals surface area contributed by atoms with E-state index >= 15 is 0 Å². The van der Waals surface area contributed by atoms with Gasteiger partial charge < -0.3 is 5.48 Å². The van der Waals surface area contributed by atoms with Crippen molar-refractivity contribution in [1.82, 2.24) is 0 Å². The summed E-state index contributed by atoms with van der Waals surface area (Å²) in [5.74, 6) is 0. The van der Waals surface area contributed by atoms with Gasteiger partial charge in [0.25, 0.3) is 0 Å². The third-order valence-corrected chi connectivity index (χ3v) is 0. The van der Waals surface area contributed by atoms with Crippen LogP contribution in [-0.4, -0.2) is 5.48 Å². The zero-order valence-corrected chi connectivity index (χ0v) is 8.36. The zero-order chi connectivity index (χ0) is 0. The Bertz CT molecular complexity index is 7.51. The maximum atomic E-state index is 0. The molecule has 0 aromatic heterocycles. The van der Waals surface area contributed by atoms with Crippen molar-refractivity contribution in [3.05, 3.63) is 0 Å². The summed E-state index contributed by atoms with van der Waals surface area (Å²) < 4.78 is 0. The number of rotatable bonds is 0. The van der Waals surface area contributed by atoms with Crippen LogP contribution in [0.1, 0.15) is 0 Å². The van der Waals surface area contributed by atoms with E-state index in [1.807, 2.05) is 0 Å². The second kappa shape index (κ2) is 62.9. The summed E-state index contributed by atoms with van der Waals surface area (Å²) in [6, 6.07) is 0. The molecule has 2 N–H and O–H groups in total. The summed E-state index contributed by atoms with van der Waals surface area (Å²) in [6.07, 6.45) is 0. The molecular formula is H6Cl4OZr. The van der Waals surface area contributed by atoms with Crippen molar-refractivity contribution in [3.8, 4) is 0 Å². The van der Waals surface area contributed by atoms with E-state index in [1.54, 1.807) is 0 Å². The van der Waals surface area contributed by atoms with Crippen molar-refractivity contribution < 1.29 is 31.7 Å². The average molecular weight is 255 g/mol. The molecule has 1 nitrogen and oxygen atoms in total. The van der Waals surface area contributed by atoms with E-state index < -0.39 is 0 Å². The molecule has 44 valence electrons. The minimum absolute atomic E-state index is 0. The summed E-state index contributed by atoms with van der Waals surface area (Å²) in [5.41, 5.74) is 0. The normalized spacial score (nSPS) is 0. The first-order valence-electron chi connectivity index (χ1n) is 0. The Kier molecular flexibility index (Phi) is 1030. The zero-order valence-electron chi connectivity index (χ0n) is 2.63. The first kappa shape index (κ1) is 97.8. The fourth-order valence-corrected chi connectivity index (χ4v) is 0. The van der Waals surface area contributed by atoms with Gasteiger partial charge in [-0.3, -0.25) is 0 Å². The van der Waals surface area contributed by atoms with Gasteiger partial charge in [-0.1, -0.05) is 0 Å². The van der Waals surface area contributed by atoms with E-state index in [0.717, 1.165) is 0 Å². The summed E-state index contributed by atoms with van der Waals surface area (Å²) in [4.78, 5) is 0. The Hall–Kier alpha value is 2.00. The van der Waals surface area contributed by atoms with Crippen molar-refractivity contribution in [2.75, 3.05) is 0 Å². The van der Waals surface area contributed by atoms with Gasteiger partial charge in [0.15, 0.2) is 0 Å². The van der Waals surface area contributed by atoms with Crippen molar-refractivity contribution in [2.24, 2.45) is 0 Å². The first-order chi connectivity index (χ1) is 0. The Morgan fingerprint density at radius 3 is 0.500 bits per heavy atom. The molecule has 0 atom stereocenters. The maximum absolute atomic E-state index is 0. The Labute approximate surface area is 80.7 Å². The largest absolute Gasteiger partial charge is 0.412 e. The minimum Gasteiger partial charge on any atom is -0.412 e. The third-order valence-electron chi connectivity index (χ3n) is 0. The molecule has 0 aliphatic heterocycles. The Morgan fingerprint density at radius 2 is 0.500 bits per heavy atom. The van der Waals surface area contributed by atoms with Crippen molar-refractivity contribution >= 4 is 49.6 Å². The Balaban J connectivity index is 0. The van der Waals surface area contributed by atoms with Crippen LogP contribution in [0.2, 0.25) is 0 Å². The van der Waals surface area contributed by atoms with E-state index in [2.05, 4.69) is 0 Å². The van der Waals surface area contributed by atoms with Crippen molar-refractivity contribution in [1.29, 1.82) is 0 Å². The van der Waals surface area contributed by atoms with Gasteiger partial charge >= 0.3 is 0 Å². The second-order valence-corrected chi connectivity index (χ2v) is 0. The third kappa shape index (κ3) is 37.4. The number of hydrogen-bond donors (Lipinski definition) is 0. The topological polar surface area (TPSA) is 31.5 Å². The second-order valence-electron chi connectivity index (χ2n) is 0. The molecule has 0 amide bonds. The van der Waals surface area contributed by atoms with Crippen LogP contribution < -0.4 is 0 Å². The summed E-state index contributed by atoms with van der Waals surface area (Å²) in [7, 11) is 0. The van der Waals surface area contributed by atoms with E-state index in [0.29, 0.717) is 0 Å². The summed E-state index contributed by atoms with van der Waals surface area (Å²) >= 11 is 0. The van der Waals surface area contributed by atoms with Crippen LogP contribution in [0.3, 0.4) is 0 Å². The van der Waals surface area contributed by atoms with Gasteiger partial charge in [-0.05, 0) is 0 Å². The molecule has 0 rings (SSSR count). The van der Waals surface area contributed by atoms with Crippen LogP contribution in [0.15, 0.2) is 0 Å². The number of hydrogen-bond acceptors (Lipinski definition) is 0. The quantitative estimate of drug-likeness (QED) is 0.615. The smallest absolute Gasteiger partial charge is 0 e. The molecule has 6 heavy (non-hydrogen) atoms. The molecule has 0 radical (unpaired) electrons. The van der Waals surface area contributed by atoms with E-state index in [4.69, 9.17) is 0 Å². The molecule has 0 aliphatic rings. The van der Waals surface area contributed by atoms with Crippen molar-refractivity contribution in [2.45, 2.75) is 0 Å². The van der Waals surface area contributed by atoms with Crippen LogP contribution in [0.4, 0.5) is 0 Å². The van der Waals surface area contributed by atoms with Crippen LogP contribution in [0.5, 0.6) is 0 Å². The SMILES string of the molecule is Cl.Cl.Cl.Cl.O.[Zr]. The molecule has 0 bridgehead atoms. The molecule has 0 aromatic rings. The molecule has 0 saturated carbocycles. The van der Waals surface area contributed by atoms with E-state index in [-0.39, 0.29) is 81.3 Å². The minimum atomic E-state index is 0. The maximum Gasteiger partial charge on any atom is 0 e. The van der Waals surface area contributed by atoms with Gasteiger partial charge in [0.2, 0.25) is 0 Å². The molecule has 0 unspecified atom stereocenters. The summed E-state index contributed by atoms with van der Waals surface area (Å²) in [5, 5.41) is 0. The molecule has 0 spiro atoms. The van der Waals surface area contributed by atoms with Crippen LogP contribution >= 0.6 is 49.6 Å². The van der Waals surface area contributed by atoms with Gasteiger partial charge in [0, 0.05) is 26.2 Å². The Morgan fingerprint density at radius 1 is 0.500 bits per heavy atom. The van der Waals surface area contributed by atoms with Gasteiger partial charge in [-0.2, -0.15) is 0 Å². The van der Waals surface area contributed by atoms with Crippen LogP contribution in [0.25, 0.3) is 0 Å². The average Bonchev–Trinajstić information content (AvgIpc) is 0. The predicted octanol–water partition coefficient (Wildman–Crippen LogP) is 0.860. The monoisotopic (exact) mass is 252 g/mol. The van der Waals surface area contributed by atoms with Gasteiger partial charge in [-0.15, -0.1) is 49.6 Å². The molecule has 0 aromatic carbocycles. The molecule has 0 saturated heterocycles. The van der Waals surface area contributed by atoms with E-state index in [1.165, 1.54) is 0 Å². The fourth-order valence-electron chi connectivity index (χ4n) is 0. The molecular weight excluding hydrogens is 249 g/mol. The first-order valence-corrected chi connectivity index (χ1v) is 0. The van der Waals surface area contributed by atoms with Gasteiger partial charge in [0.1, 0.15) is 0 Å². The van der Waals surface area contributed by atoms with Crippen LogP contribution in [0, 0.1) is 0 Å². The fraction of sp³-hybridized carbons (Fsp3) is 0. The van der Waals surface area contributed by atoms with Gasteiger partial charge in [-0.25, -0.2) is 0 Å². The molecule has 0 heterocycles. The molecule has 6 heteroatoms. The standard InChI is InChI=1S/4ClH.H2O.Zr/h4*1H;1H2;. The van der Waals surface area contributed by atoms with Gasteiger partial charge in [0.05, 0.1) is 0 Å².